The molecule has 1 aliphatic heterocycles. The summed E-state index contributed by atoms with van der Waals surface area (Å²) in [5, 5.41) is 12.9. The van der Waals surface area contributed by atoms with Crippen molar-refractivity contribution < 1.29 is 19.1 Å². The standard InChI is InChI=1S/C32H35BrN4O4/c1-4-9-21-14-26-31(27(38)15-21)30(24(18-34)20(3)37-26)22-16-25(33)32(28(17-22)40-5-2)41-13-8-11-29(39)36-19-23-10-6-7-12-35-23/h6-8,10-12,16-17,21,24,30H,4-5,9,13-15,19H2,1-3H3,(H,36,39). The third-order valence-corrected chi connectivity index (χ3v) is 7.85. The van der Waals surface area contributed by atoms with Crippen LogP contribution in [0.3, 0.4) is 0 Å². The maximum atomic E-state index is 13.4. The molecule has 4 rings (SSSR count). The number of ether oxygens (including phenoxy) is 2. The normalized spacial score (nSPS) is 20.3. The Bertz CT molecular complexity index is 1410. The number of benzene rings is 1. The van der Waals surface area contributed by atoms with E-state index in [1.54, 1.807) is 12.3 Å². The summed E-state index contributed by atoms with van der Waals surface area (Å²) < 4.78 is 12.6. The molecular weight excluding hydrogens is 584 g/mol. The number of carbonyl (C=O) groups excluding carboxylic acids is 2. The van der Waals surface area contributed by atoms with Crippen LogP contribution in [0.15, 0.2) is 69.4 Å². The van der Waals surface area contributed by atoms with Crippen molar-refractivity contribution in [3.05, 3.63) is 75.7 Å². The summed E-state index contributed by atoms with van der Waals surface area (Å²) in [6.07, 6.45) is 7.96. The number of carbonyl (C=O) groups is 2. The second-order valence-electron chi connectivity index (χ2n) is 10.2. The monoisotopic (exact) mass is 618 g/mol. The number of hydrogen-bond acceptors (Lipinski definition) is 7. The van der Waals surface area contributed by atoms with Gasteiger partial charge < -0.3 is 14.8 Å². The second-order valence-corrected chi connectivity index (χ2v) is 11.1. The van der Waals surface area contributed by atoms with E-state index in [9.17, 15) is 14.9 Å². The minimum atomic E-state index is -0.555. The van der Waals surface area contributed by atoms with Crippen molar-refractivity contribution in [1.82, 2.24) is 10.3 Å². The number of aliphatic imine (C=N–C) groups is 1. The van der Waals surface area contributed by atoms with Crippen LogP contribution in [-0.4, -0.2) is 35.6 Å². The molecule has 2 aromatic rings. The minimum Gasteiger partial charge on any atom is -0.490 e. The molecule has 1 amide bonds. The molecule has 41 heavy (non-hydrogen) atoms. The first-order valence-corrected chi connectivity index (χ1v) is 14.8. The van der Waals surface area contributed by atoms with Crippen molar-refractivity contribution in [3.8, 4) is 17.6 Å². The number of aromatic nitrogens is 1. The summed E-state index contributed by atoms with van der Waals surface area (Å²) in [7, 11) is 0. The molecule has 0 saturated carbocycles. The summed E-state index contributed by atoms with van der Waals surface area (Å²) in [5.41, 5.74) is 3.76. The molecule has 0 saturated heterocycles. The number of allylic oxidation sites excluding steroid dienone is 2. The van der Waals surface area contributed by atoms with Gasteiger partial charge in [0.05, 0.1) is 35.3 Å². The van der Waals surface area contributed by atoms with E-state index in [0.29, 0.717) is 41.1 Å². The number of ketones is 1. The zero-order valence-electron chi connectivity index (χ0n) is 23.7. The van der Waals surface area contributed by atoms with Gasteiger partial charge in [0.2, 0.25) is 5.91 Å². The van der Waals surface area contributed by atoms with Crippen molar-refractivity contribution in [2.75, 3.05) is 13.2 Å². The highest BCUT2D eigenvalue weighted by molar-refractivity contribution is 9.10. The first-order valence-electron chi connectivity index (χ1n) is 14.0. The molecule has 2 aliphatic rings. The highest BCUT2D eigenvalue weighted by atomic mass is 79.9. The maximum Gasteiger partial charge on any atom is 0.244 e. The van der Waals surface area contributed by atoms with Crippen LogP contribution in [0.5, 0.6) is 11.5 Å². The highest BCUT2D eigenvalue weighted by Crippen LogP contribution is 2.48. The molecule has 3 atom stereocenters. The second kappa shape index (κ2) is 14.2. The van der Waals surface area contributed by atoms with Gasteiger partial charge in [-0.25, -0.2) is 0 Å². The van der Waals surface area contributed by atoms with Crippen LogP contribution in [0, 0.1) is 23.2 Å². The summed E-state index contributed by atoms with van der Waals surface area (Å²) in [6.45, 7) is 6.75. The Hall–Kier alpha value is -3.77. The Kier molecular flexibility index (Phi) is 10.5. The van der Waals surface area contributed by atoms with Crippen molar-refractivity contribution in [1.29, 1.82) is 5.26 Å². The molecule has 3 unspecified atom stereocenters. The molecule has 1 N–H and O–H groups in total. The van der Waals surface area contributed by atoms with Gasteiger partial charge in [-0.3, -0.25) is 19.6 Å². The molecule has 9 heteroatoms. The van der Waals surface area contributed by atoms with Gasteiger partial charge in [-0.15, -0.1) is 0 Å². The molecule has 214 valence electrons. The predicted octanol–water partition coefficient (Wildman–Crippen LogP) is 6.23. The predicted molar refractivity (Wildman–Crippen MR) is 161 cm³/mol. The van der Waals surface area contributed by atoms with Crippen molar-refractivity contribution >= 4 is 33.3 Å². The van der Waals surface area contributed by atoms with E-state index in [1.807, 2.05) is 44.2 Å². The molecule has 1 aliphatic carbocycles. The Morgan fingerprint density at radius 2 is 2.07 bits per heavy atom. The summed E-state index contributed by atoms with van der Waals surface area (Å²) in [5.74, 6) is 0.0988. The number of nitrogens with one attached hydrogen (secondary N) is 1. The van der Waals surface area contributed by atoms with Crippen LogP contribution in [0.1, 0.15) is 63.6 Å². The zero-order chi connectivity index (χ0) is 29.4. The topological polar surface area (TPSA) is 114 Å². The summed E-state index contributed by atoms with van der Waals surface area (Å²) in [6, 6.07) is 11.7. The number of pyridine rings is 1. The molecular formula is C32H35BrN4O4. The lowest BCUT2D eigenvalue weighted by Gasteiger charge is -2.35. The Balaban J connectivity index is 1.54. The molecule has 1 aromatic carbocycles. The number of hydrogen-bond donors (Lipinski definition) is 1. The summed E-state index contributed by atoms with van der Waals surface area (Å²) in [4.78, 5) is 34.6. The Labute approximate surface area is 249 Å². The van der Waals surface area contributed by atoms with Gasteiger partial charge in [-0.05, 0) is 84.4 Å². The molecule has 0 fully saturated rings. The Morgan fingerprint density at radius 3 is 2.78 bits per heavy atom. The Morgan fingerprint density at radius 1 is 1.24 bits per heavy atom. The largest absolute Gasteiger partial charge is 0.490 e. The van der Waals surface area contributed by atoms with E-state index in [1.165, 1.54) is 6.08 Å². The highest BCUT2D eigenvalue weighted by Gasteiger charge is 2.41. The van der Waals surface area contributed by atoms with Gasteiger partial charge in [0.15, 0.2) is 17.3 Å². The van der Waals surface area contributed by atoms with Crippen LogP contribution >= 0.6 is 15.9 Å². The van der Waals surface area contributed by atoms with Crippen LogP contribution in [-0.2, 0) is 16.1 Å². The molecule has 0 spiro atoms. The van der Waals surface area contributed by atoms with E-state index < -0.39 is 11.8 Å². The van der Waals surface area contributed by atoms with Crippen molar-refractivity contribution in [2.45, 2.75) is 58.9 Å². The van der Waals surface area contributed by atoms with E-state index in [2.05, 4.69) is 39.2 Å². The van der Waals surface area contributed by atoms with E-state index in [-0.39, 0.29) is 24.2 Å². The van der Waals surface area contributed by atoms with Crippen LogP contribution in [0.4, 0.5) is 0 Å². The summed E-state index contributed by atoms with van der Waals surface area (Å²) >= 11 is 3.63. The zero-order valence-corrected chi connectivity index (χ0v) is 25.2. The average Bonchev–Trinajstić information content (AvgIpc) is 2.95. The minimum absolute atomic E-state index is 0.0760. The lowest BCUT2D eigenvalue weighted by atomic mass is 9.70. The van der Waals surface area contributed by atoms with Crippen molar-refractivity contribution in [2.24, 2.45) is 16.8 Å². The number of Topliss-reactive ketones (excluding diaryl/α,β-unsaturated/α-hetero) is 1. The third kappa shape index (κ3) is 7.31. The number of halogens is 1. The molecule has 8 nitrogen and oxygen atoms in total. The SMILES string of the molecule is CCCC1CC(=O)C2=C(C1)N=C(C)C(C#N)C2c1cc(Br)c(OCC=CC(=O)NCc2ccccn2)c(OCC)c1. The number of rotatable bonds is 11. The first-order chi connectivity index (χ1) is 19.9. The number of nitrogens with zero attached hydrogens (tertiary/aromatic N) is 3. The van der Waals surface area contributed by atoms with Crippen LogP contribution < -0.4 is 14.8 Å². The van der Waals surface area contributed by atoms with Gasteiger partial charge in [-0.1, -0.05) is 19.4 Å². The van der Waals surface area contributed by atoms with Gasteiger partial charge in [0.25, 0.3) is 0 Å². The lowest BCUT2D eigenvalue weighted by molar-refractivity contribution is -0.118. The number of amides is 1. The van der Waals surface area contributed by atoms with Crippen molar-refractivity contribution in [3.63, 3.8) is 0 Å². The quantitative estimate of drug-likeness (QED) is 0.299. The molecule has 0 radical (unpaired) electrons. The molecule has 2 heterocycles. The fourth-order valence-corrected chi connectivity index (χ4v) is 6.05. The van der Waals surface area contributed by atoms with Gasteiger partial charge >= 0.3 is 0 Å². The maximum absolute atomic E-state index is 13.4. The van der Waals surface area contributed by atoms with Crippen LogP contribution in [0.25, 0.3) is 0 Å². The van der Waals surface area contributed by atoms with Gasteiger partial charge in [-0.2, -0.15) is 5.26 Å². The van der Waals surface area contributed by atoms with E-state index in [0.717, 1.165) is 41.9 Å². The third-order valence-electron chi connectivity index (χ3n) is 7.26. The van der Waals surface area contributed by atoms with E-state index in [4.69, 9.17) is 14.5 Å². The smallest absolute Gasteiger partial charge is 0.244 e. The van der Waals surface area contributed by atoms with E-state index >= 15 is 0 Å². The average molecular weight is 620 g/mol. The lowest BCUT2D eigenvalue weighted by Crippen LogP contribution is -2.32. The first kappa shape index (κ1) is 30.2. The van der Waals surface area contributed by atoms with Gasteiger partial charge in [0.1, 0.15) is 6.61 Å². The van der Waals surface area contributed by atoms with Gasteiger partial charge in [0, 0.05) is 41.6 Å². The molecule has 0 bridgehead atoms. The fraction of sp³-hybridized carbons (Fsp3) is 0.406. The molecule has 1 aromatic heterocycles. The fourth-order valence-electron chi connectivity index (χ4n) is 5.47. The van der Waals surface area contributed by atoms with Crippen LogP contribution in [0.2, 0.25) is 0 Å². The number of nitriles is 1.